The van der Waals surface area contributed by atoms with Gasteiger partial charge in [-0.15, -0.1) is 0 Å². The van der Waals surface area contributed by atoms with Crippen LogP contribution in [0.25, 0.3) is 0 Å². The molecule has 32 heavy (non-hydrogen) atoms. The normalized spacial score (nSPS) is 14.7. The number of anilines is 1. The van der Waals surface area contributed by atoms with Crippen molar-refractivity contribution in [3.05, 3.63) is 84.1 Å². The molecule has 1 aromatic heterocycles. The van der Waals surface area contributed by atoms with Crippen LogP contribution in [-0.2, 0) is 4.79 Å². The van der Waals surface area contributed by atoms with Crippen LogP contribution in [0.15, 0.2) is 71.3 Å². The van der Waals surface area contributed by atoms with Crippen molar-refractivity contribution >= 4 is 17.5 Å². The van der Waals surface area contributed by atoms with Crippen LogP contribution in [0.3, 0.4) is 0 Å². The number of rotatable bonds is 7. The molecular formula is C25H25FN2O4. The fraction of sp³-hybridized carbons (Fsp3) is 0.280. The molecule has 4 rings (SSSR count). The average molecular weight is 436 g/mol. The highest BCUT2D eigenvalue weighted by Gasteiger charge is 2.37. The maximum absolute atomic E-state index is 14.9. The highest BCUT2D eigenvalue weighted by atomic mass is 19.1. The zero-order chi connectivity index (χ0) is 22.5. The van der Waals surface area contributed by atoms with E-state index in [4.69, 9.17) is 9.15 Å². The van der Waals surface area contributed by atoms with Crippen molar-refractivity contribution < 1.29 is 23.1 Å². The van der Waals surface area contributed by atoms with Gasteiger partial charge in [-0.2, -0.15) is 0 Å². The van der Waals surface area contributed by atoms with Crippen LogP contribution in [0.4, 0.5) is 10.1 Å². The lowest BCUT2D eigenvalue weighted by atomic mass is 10.0. The molecule has 1 N–H and O–H groups in total. The summed E-state index contributed by atoms with van der Waals surface area (Å²) in [4.78, 5) is 28.2. The summed E-state index contributed by atoms with van der Waals surface area (Å²) in [6.45, 7) is 0. The van der Waals surface area contributed by atoms with E-state index in [2.05, 4.69) is 5.32 Å². The van der Waals surface area contributed by atoms with Crippen molar-refractivity contribution in [3.8, 4) is 5.75 Å². The number of furan rings is 1. The zero-order valence-corrected chi connectivity index (χ0v) is 17.8. The van der Waals surface area contributed by atoms with Crippen molar-refractivity contribution in [2.24, 2.45) is 0 Å². The quantitative estimate of drug-likeness (QED) is 0.573. The molecule has 3 aromatic rings. The fourth-order valence-corrected chi connectivity index (χ4v) is 4.09. The van der Waals surface area contributed by atoms with Gasteiger partial charge in [0.1, 0.15) is 17.6 Å². The van der Waals surface area contributed by atoms with Gasteiger partial charge in [0.25, 0.3) is 5.91 Å². The summed E-state index contributed by atoms with van der Waals surface area (Å²) in [6, 6.07) is 14.7. The van der Waals surface area contributed by atoms with E-state index in [0.717, 1.165) is 25.7 Å². The Kier molecular flexibility index (Phi) is 6.54. The number of hydrogen-bond donors (Lipinski definition) is 1. The first-order chi connectivity index (χ1) is 15.6. The number of methoxy groups -OCH3 is 1. The Hall–Kier alpha value is -3.61. The highest BCUT2D eigenvalue weighted by molar-refractivity contribution is 6.08. The summed E-state index contributed by atoms with van der Waals surface area (Å²) in [7, 11) is 1.55. The van der Waals surface area contributed by atoms with Gasteiger partial charge in [-0.3, -0.25) is 14.5 Å². The van der Waals surface area contributed by atoms with Crippen LogP contribution >= 0.6 is 0 Å². The van der Waals surface area contributed by atoms with Gasteiger partial charge in [-0.05, 0) is 54.8 Å². The van der Waals surface area contributed by atoms with Crippen molar-refractivity contribution in [3.63, 3.8) is 0 Å². The van der Waals surface area contributed by atoms with E-state index in [1.807, 2.05) is 0 Å². The molecule has 6 nitrogen and oxygen atoms in total. The molecule has 0 aliphatic heterocycles. The molecule has 1 atom stereocenters. The second-order valence-corrected chi connectivity index (χ2v) is 7.77. The largest absolute Gasteiger partial charge is 0.497 e. The standard InChI is InChI=1S/C25H25FN2O4/c1-31-19-14-12-17(13-15-19)23(24(29)27-18-7-2-3-8-18)28(21-10-5-4-9-20(21)26)25(30)22-11-6-16-32-22/h4-6,9-16,18,23H,2-3,7-8H2,1H3,(H,27,29)/t23-/m0/s1. The summed E-state index contributed by atoms with van der Waals surface area (Å²) in [5.74, 6) is -0.966. The number of amides is 2. The minimum Gasteiger partial charge on any atom is -0.497 e. The predicted octanol–water partition coefficient (Wildman–Crippen LogP) is 4.87. The maximum atomic E-state index is 14.9. The lowest BCUT2D eigenvalue weighted by Gasteiger charge is -2.32. The third-order valence-corrected chi connectivity index (χ3v) is 5.70. The molecule has 0 bridgehead atoms. The molecule has 1 saturated carbocycles. The second kappa shape index (κ2) is 9.68. The van der Waals surface area contributed by atoms with Crippen molar-refractivity contribution in [1.82, 2.24) is 5.32 Å². The Balaban J connectivity index is 1.81. The first-order valence-electron chi connectivity index (χ1n) is 10.6. The summed E-state index contributed by atoms with van der Waals surface area (Å²) >= 11 is 0. The molecule has 0 spiro atoms. The van der Waals surface area contributed by atoms with Crippen LogP contribution in [0, 0.1) is 5.82 Å². The average Bonchev–Trinajstić information content (AvgIpc) is 3.52. The molecule has 0 radical (unpaired) electrons. The third-order valence-electron chi connectivity index (χ3n) is 5.70. The van der Waals surface area contributed by atoms with Gasteiger partial charge in [0.15, 0.2) is 5.76 Å². The van der Waals surface area contributed by atoms with Gasteiger partial charge in [-0.25, -0.2) is 4.39 Å². The molecule has 2 amide bonds. The SMILES string of the molecule is COc1ccc([C@@H](C(=O)NC2CCCC2)N(C(=O)c2ccco2)c2ccccc2F)cc1. The molecule has 1 aliphatic rings. The van der Waals surface area contributed by atoms with E-state index in [-0.39, 0.29) is 23.4 Å². The Morgan fingerprint density at radius 1 is 1.06 bits per heavy atom. The lowest BCUT2D eigenvalue weighted by Crippen LogP contribution is -2.46. The first-order valence-corrected chi connectivity index (χ1v) is 10.6. The van der Waals surface area contributed by atoms with Crippen molar-refractivity contribution in [2.75, 3.05) is 12.0 Å². The molecule has 1 fully saturated rings. The highest BCUT2D eigenvalue weighted by Crippen LogP contribution is 2.33. The number of carbonyl (C=O) groups excluding carboxylic acids is 2. The molecular weight excluding hydrogens is 411 g/mol. The summed E-state index contributed by atoms with van der Waals surface area (Å²) < 4.78 is 25.5. The summed E-state index contributed by atoms with van der Waals surface area (Å²) in [5.41, 5.74) is 0.528. The Bertz CT molecular complexity index is 1060. The van der Waals surface area contributed by atoms with Gasteiger partial charge in [0, 0.05) is 6.04 Å². The van der Waals surface area contributed by atoms with Crippen LogP contribution < -0.4 is 15.0 Å². The third kappa shape index (κ3) is 4.51. The van der Waals surface area contributed by atoms with Crippen molar-refractivity contribution in [1.29, 1.82) is 0 Å². The van der Waals surface area contributed by atoms with E-state index < -0.39 is 17.8 Å². The van der Waals surface area contributed by atoms with Gasteiger partial charge in [-0.1, -0.05) is 37.1 Å². The summed E-state index contributed by atoms with van der Waals surface area (Å²) in [5, 5.41) is 3.06. The minimum absolute atomic E-state index is 0.00344. The number of benzene rings is 2. The predicted molar refractivity (Wildman–Crippen MR) is 118 cm³/mol. The second-order valence-electron chi connectivity index (χ2n) is 7.77. The molecule has 7 heteroatoms. The Labute approximate surface area is 186 Å². The molecule has 1 aliphatic carbocycles. The molecule has 0 unspecified atom stereocenters. The molecule has 166 valence electrons. The fourth-order valence-electron chi connectivity index (χ4n) is 4.09. The number of nitrogens with one attached hydrogen (secondary N) is 1. The summed E-state index contributed by atoms with van der Waals surface area (Å²) in [6.07, 6.45) is 5.22. The lowest BCUT2D eigenvalue weighted by molar-refractivity contribution is -0.123. The van der Waals surface area contributed by atoms with Crippen LogP contribution in [0.5, 0.6) is 5.75 Å². The first kappa shape index (κ1) is 21.6. The number of para-hydroxylation sites is 1. The van der Waals surface area contributed by atoms with E-state index >= 15 is 0 Å². The van der Waals surface area contributed by atoms with Gasteiger partial charge < -0.3 is 14.5 Å². The van der Waals surface area contributed by atoms with Crippen LogP contribution in [-0.4, -0.2) is 25.0 Å². The number of halogens is 1. The minimum atomic E-state index is -1.10. The zero-order valence-electron chi connectivity index (χ0n) is 17.8. The van der Waals surface area contributed by atoms with Crippen LogP contribution in [0.2, 0.25) is 0 Å². The number of hydrogen-bond acceptors (Lipinski definition) is 4. The Morgan fingerprint density at radius 2 is 1.78 bits per heavy atom. The van der Waals surface area contributed by atoms with Crippen molar-refractivity contribution in [2.45, 2.75) is 37.8 Å². The smallest absolute Gasteiger partial charge is 0.295 e. The van der Waals surface area contributed by atoms with E-state index in [9.17, 15) is 14.0 Å². The topological polar surface area (TPSA) is 71.8 Å². The van der Waals surface area contributed by atoms with Gasteiger partial charge >= 0.3 is 0 Å². The number of nitrogens with zero attached hydrogens (tertiary/aromatic N) is 1. The van der Waals surface area contributed by atoms with Gasteiger partial charge in [0.2, 0.25) is 5.91 Å². The number of carbonyl (C=O) groups is 2. The van der Waals surface area contributed by atoms with Crippen LogP contribution in [0.1, 0.15) is 47.8 Å². The Morgan fingerprint density at radius 3 is 2.41 bits per heavy atom. The monoisotopic (exact) mass is 436 g/mol. The van der Waals surface area contributed by atoms with E-state index in [1.165, 1.54) is 35.4 Å². The molecule has 1 heterocycles. The van der Waals surface area contributed by atoms with E-state index in [0.29, 0.717) is 11.3 Å². The van der Waals surface area contributed by atoms with E-state index in [1.54, 1.807) is 43.5 Å². The van der Waals surface area contributed by atoms with Gasteiger partial charge in [0.05, 0.1) is 19.1 Å². The number of ether oxygens (including phenoxy) is 1. The molecule has 2 aromatic carbocycles. The maximum Gasteiger partial charge on any atom is 0.295 e. The molecule has 0 saturated heterocycles.